The SMILES string of the molecule is Cc1ccc(NN=Cc2ccccc2OC(C)C)cc1C. The van der Waals surface area contributed by atoms with Gasteiger partial charge < -0.3 is 4.74 Å². The highest BCUT2D eigenvalue weighted by atomic mass is 16.5. The van der Waals surface area contributed by atoms with Crippen molar-refractivity contribution < 1.29 is 4.74 Å². The normalized spacial score (nSPS) is 11.1. The van der Waals surface area contributed by atoms with Crippen LogP contribution in [0.1, 0.15) is 30.5 Å². The van der Waals surface area contributed by atoms with Gasteiger partial charge in [-0.2, -0.15) is 5.10 Å². The first-order valence-corrected chi connectivity index (χ1v) is 7.18. The summed E-state index contributed by atoms with van der Waals surface area (Å²) in [5, 5.41) is 4.30. The maximum Gasteiger partial charge on any atom is 0.128 e. The molecule has 0 fully saturated rings. The molecule has 1 N–H and O–H groups in total. The van der Waals surface area contributed by atoms with Crippen LogP contribution in [-0.4, -0.2) is 12.3 Å². The van der Waals surface area contributed by atoms with Crippen molar-refractivity contribution in [2.75, 3.05) is 5.43 Å². The van der Waals surface area contributed by atoms with E-state index in [-0.39, 0.29) is 6.10 Å². The number of nitrogens with one attached hydrogen (secondary N) is 1. The van der Waals surface area contributed by atoms with Crippen LogP contribution in [0.2, 0.25) is 0 Å². The van der Waals surface area contributed by atoms with Gasteiger partial charge >= 0.3 is 0 Å². The summed E-state index contributed by atoms with van der Waals surface area (Å²) in [5.74, 6) is 0.845. The number of nitrogens with zero attached hydrogens (tertiary/aromatic N) is 1. The highest BCUT2D eigenvalue weighted by Gasteiger charge is 2.02. The van der Waals surface area contributed by atoms with Gasteiger partial charge in [0.15, 0.2) is 0 Å². The summed E-state index contributed by atoms with van der Waals surface area (Å²) >= 11 is 0. The van der Waals surface area contributed by atoms with Gasteiger partial charge in [0.1, 0.15) is 5.75 Å². The molecule has 0 saturated carbocycles. The minimum absolute atomic E-state index is 0.146. The van der Waals surface area contributed by atoms with Crippen LogP contribution in [-0.2, 0) is 0 Å². The lowest BCUT2D eigenvalue weighted by Gasteiger charge is -2.11. The Morgan fingerprint density at radius 3 is 2.52 bits per heavy atom. The summed E-state index contributed by atoms with van der Waals surface area (Å²) in [6.45, 7) is 8.22. The molecule has 3 heteroatoms. The lowest BCUT2D eigenvalue weighted by molar-refractivity contribution is 0.242. The molecule has 0 amide bonds. The summed E-state index contributed by atoms with van der Waals surface area (Å²) in [6.07, 6.45) is 1.93. The second-order valence-corrected chi connectivity index (χ2v) is 5.37. The van der Waals surface area contributed by atoms with Crippen LogP contribution >= 0.6 is 0 Å². The molecule has 0 atom stereocenters. The van der Waals surface area contributed by atoms with E-state index in [4.69, 9.17) is 4.74 Å². The zero-order chi connectivity index (χ0) is 15.2. The average Bonchev–Trinajstić information content (AvgIpc) is 2.44. The Morgan fingerprint density at radius 2 is 1.81 bits per heavy atom. The van der Waals surface area contributed by atoms with Crippen LogP contribution in [0.4, 0.5) is 5.69 Å². The quantitative estimate of drug-likeness (QED) is 0.645. The predicted molar refractivity (Wildman–Crippen MR) is 89.3 cm³/mol. The van der Waals surface area contributed by atoms with Gasteiger partial charge in [0.05, 0.1) is 18.0 Å². The first-order chi connectivity index (χ1) is 10.1. The smallest absolute Gasteiger partial charge is 0.128 e. The van der Waals surface area contributed by atoms with Gasteiger partial charge in [-0.15, -0.1) is 0 Å². The summed E-state index contributed by atoms with van der Waals surface area (Å²) in [5.41, 5.74) is 7.53. The summed E-state index contributed by atoms with van der Waals surface area (Å²) in [7, 11) is 0. The molecule has 2 aromatic carbocycles. The van der Waals surface area contributed by atoms with E-state index in [0.29, 0.717) is 0 Å². The lowest BCUT2D eigenvalue weighted by Crippen LogP contribution is -2.07. The minimum Gasteiger partial charge on any atom is -0.490 e. The second-order valence-electron chi connectivity index (χ2n) is 5.37. The maximum atomic E-state index is 5.76. The third-order valence-electron chi connectivity index (χ3n) is 3.19. The van der Waals surface area contributed by atoms with E-state index in [1.807, 2.05) is 44.2 Å². The number of hydrogen-bond acceptors (Lipinski definition) is 3. The van der Waals surface area contributed by atoms with E-state index in [1.54, 1.807) is 6.21 Å². The van der Waals surface area contributed by atoms with Crippen LogP contribution < -0.4 is 10.2 Å². The molecule has 0 heterocycles. The molecule has 2 rings (SSSR count). The van der Waals surface area contributed by atoms with Crippen molar-refractivity contribution in [3.05, 3.63) is 59.2 Å². The van der Waals surface area contributed by atoms with Crippen molar-refractivity contribution in [1.82, 2.24) is 0 Å². The summed E-state index contributed by atoms with van der Waals surface area (Å²) < 4.78 is 5.76. The summed E-state index contributed by atoms with van der Waals surface area (Å²) in [4.78, 5) is 0. The van der Waals surface area contributed by atoms with Gasteiger partial charge in [-0.05, 0) is 63.1 Å². The Labute approximate surface area is 126 Å². The molecule has 0 aliphatic carbocycles. The molecular formula is C18H22N2O. The molecule has 3 nitrogen and oxygen atoms in total. The van der Waals surface area contributed by atoms with E-state index in [9.17, 15) is 0 Å². The van der Waals surface area contributed by atoms with Gasteiger partial charge in [-0.25, -0.2) is 0 Å². The fourth-order valence-electron chi connectivity index (χ4n) is 1.94. The number of hydrazone groups is 1. The van der Waals surface area contributed by atoms with Crippen LogP contribution in [0.3, 0.4) is 0 Å². The zero-order valence-electron chi connectivity index (χ0n) is 13.1. The third kappa shape index (κ3) is 4.35. The van der Waals surface area contributed by atoms with E-state index in [2.05, 4.69) is 36.5 Å². The molecule has 0 aliphatic rings. The molecule has 0 spiro atoms. The number of rotatable bonds is 5. The number of aryl methyl sites for hydroxylation is 2. The first-order valence-electron chi connectivity index (χ1n) is 7.18. The van der Waals surface area contributed by atoms with Gasteiger partial charge in [0, 0.05) is 5.56 Å². The van der Waals surface area contributed by atoms with E-state index in [1.165, 1.54) is 11.1 Å². The highest BCUT2D eigenvalue weighted by molar-refractivity contribution is 5.84. The van der Waals surface area contributed by atoms with Crippen LogP contribution in [0.25, 0.3) is 0 Å². The van der Waals surface area contributed by atoms with Crippen LogP contribution in [0, 0.1) is 13.8 Å². The Bertz CT molecular complexity index is 633. The number of anilines is 1. The molecule has 2 aromatic rings. The van der Waals surface area contributed by atoms with Gasteiger partial charge in [0.2, 0.25) is 0 Å². The number of benzene rings is 2. The molecule has 0 saturated heterocycles. The van der Waals surface area contributed by atoms with Gasteiger partial charge in [0.25, 0.3) is 0 Å². The molecule has 0 radical (unpaired) electrons. The van der Waals surface area contributed by atoms with Crippen molar-refractivity contribution in [2.24, 2.45) is 5.10 Å². The average molecular weight is 282 g/mol. The standard InChI is InChI=1S/C18H22N2O/c1-13(2)21-18-8-6-5-7-16(18)12-19-20-17-10-9-14(3)15(4)11-17/h5-13,20H,1-4H3. The molecule has 0 bridgehead atoms. The maximum absolute atomic E-state index is 5.76. The fourth-order valence-corrected chi connectivity index (χ4v) is 1.94. The van der Waals surface area contributed by atoms with Crippen molar-refractivity contribution in [2.45, 2.75) is 33.8 Å². The molecule has 21 heavy (non-hydrogen) atoms. The lowest BCUT2D eigenvalue weighted by atomic mass is 10.1. The number of hydrogen-bond donors (Lipinski definition) is 1. The monoisotopic (exact) mass is 282 g/mol. The van der Waals surface area contributed by atoms with Gasteiger partial charge in [-0.3, -0.25) is 5.43 Å². The Kier molecular flexibility index (Phi) is 4.99. The number of ether oxygens (including phenoxy) is 1. The first kappa shape index (κ1) is 15.1. The second kappa shape index (κ2) is 6.93. The third-order valence-corrected chi connectivity index (χ3v) is 3.19. The molecular weight excluding hydrogens is 260 g/mol. The highest BCUT2D eigenvalue weighted by Crippen LogP contribution is 2.18. The predicted octanol–water partition coefficient (Wildman–Crippen LogP) is 4.54. The Morgan fingerprint density at radius 1 is 1.05 bits per heavy atom. The Balaban J connectivity index is 2.09. The van der Waals surface area contributed by atoms with Crippen LogP contribution in [0.15, 0.2) is 47.6 Å². The molecule has 0 unspecified atom stereocenters. The molecule has 0 aromatic heterocycles. The zero-order valence-corrected chi connectivity index (χ0v) is 13.1. The van der Waals surface area contributed by atoms with E-state index >= 15 is 0 Å². The largest absolute Gasteiger partial charge is 0.490 e. The van der Waals surface area contributed by atoms with Crippen LogP contribution in [0.5, 0.6) is 5.75 Å². The van der Waals surface area contributed by atoms with E-state index < -0.39 is 0 Å². The van der Waals surface area contributed by atoms with Crippen molar-refractivity contribution in [1.29, 1.82) is 0 Å². The van der Waals surface area contributed by atoms with E-state index in [0.717, 1.165) is 17.0 Å². The van der Waals surface area contributed by atoms with Gasteiger partial charge in [-0.1, -0.05) is 18.2 Å². The van der Waals surface area contributed by atoms with Crippen molar-refractivity contribution in [3.8, 4) is 5.75 Å². The fraction of sp³-hybridized carbons (Fsp3) is 0.278. The van der Waals surface area contributed by atoms with Crippen molar-refractivity contribution in [3.63, 3.8) is 0 Å². The topological polar surface area (TPSA) is 33.6 Å². The number of para-hydroxylation sites is 1. The molecule has 110 valence electrons. The minimum atomic E-state index is 0.146. The van der Waals surface area contributed by atoms with Crippen molar-refractivity contribution >= 4 is 11.9 Å². The summed E-state index contributed by atoms with van der Waals surface area (Å²) in [6, 6.07) is 14.1. The Hall–Kier alpha value is -2.29. The molecule has 0 aliphatic heterocycles.